The molecule has 0 saturated heterocycles. The van der Waals surface area contributed by atoms with Crippen molar-refractivity contribution in [3.8, 4) is 5.75 Å². The van der Waals surface area contributed by atoms with Gasteiger partial charge in [0.2, 0.25) is 0 Å². The molecule has 0 saturated carbocycles. The minimum atomic E-state index is 0.477. The lowest BCUT2D eigenvalue weighted by Crippen LogP contribution is -2.09. The van der Waals surface area contributed by atoms with Crippen molar-refractivity contribution in [1.29, 1.82) is 0 Å². The predicted molar refractivity (Wildman–Crippen MR) is 68.6 cm³/mol. The van der Waals surface area contributed by atoms with Gasteiger partial charge >= 0.3 is 0 Å². The van der Waals surface area contributed by atoms with Gasteiger partial charge in [-0.3, -0.25) is 0 Å². The van der Waals surface area contributed by atoms with E-state index in [1.807, 2.05) is 18.2 Å². The Hall–Kier alpha value is -0.580. The van der Waals surface area contributed by atoms with E-state index < -0.39 is 0 Å². The second-order valence-electron chi connectivity index (χ2n) is 3.42. The fourth-order valence-electron chi connectivity index (χ4n) is 1.31. The van der Waals surface area contributed by atoms with Gasteiger partial charge in [-0.2, -0.15) is 0 Å². The van der Waals surface area contributed by atoms with Crippen molar-refractivity contribution in [3.63, 3.8) is 0 Å². The van der Waals surface area contributed by atoms with Crippen LogP contribution in [-0.4, -0.2) is 19.8 Å². The number of halogens is 1. The van der Waals surface area contributed by atoms with Crippen LogP contribution < -0.4 is 10.5 Å². The fraction of sp³-hybridized carbons (Fsp3) is 0.500. The third kappa shape index (κ3) is 4.51. The third-order valence-corrected chi connectivity index (χ3v) is 2.57. The van der Waals surface area contributed by atoms with Crippen molar-refractivity contribution in [3.05, 3.63) is 28.2 Å². The van der Waals surface area contributed by atoms with Gasteiger partial charge in [-0.25, -0.2) is 0 Å². The highest BCUT2D eigenvalue weighted by Gasteiger charge is 2.02. The highest BCUT2D eigenvalue weighted by Crippen LogP contribution is 2.22. The lowest BCUT2D eigenvalue weighted by atomic mass is 10.2. The number of benzene rings is 1. The summed E-state index contributed by atoms with van der Waals surface area (Å²) in [6, 6.07) is 5.84. The molecule has 0 radical (unpaired) electrons. The summed E-state index contributed by atoms with van der Waals surface area (Å²) in [6.45, 7) is 4.53. The molecule has 90 valence electrons. The minimum absolute atomic E-state index is 0.477. The molecule has 0 atom stereocenters. The van der Waals surface area contributed by atoms with Crippen LogP contribution in [-0.2, 0) is 11.3 Å². The standard InChI is InChI=1S/C12H18BrNO2/c1-2-5-15-6-7-16-12-4-3-11(13)8-10(12)9-14/h3-4,8H,2,5-7,9,14H2,1H3. The van der Waals surface area contributed by atoms with Crippen molar-refractivity contribution in [1.82, 2.24) is 0 Å². The molecular formula is C12H18BrNO2. The number of ether oxygens (including phenoxy) is 2. The zero-order valence-corrected chi connectivity index (χ0v) is 11.1. The van der Waals surface area contributed by atoms with Crippen molar-refractivity contribution >= 4 is 15.9 Å². The Morgan fingerprint density at radius 1 is 1.25 bits per heavy atom. The number of nitrogens with two attached hydrogens (primary N) is 1. The van der Waals surface area contributed by atoms with Gasteiger partial charge in [0.1, 0.15) is 12.4 Å². The van der Waals surface area contributed by atoms with E-state index in [1.54, 1.807) is 0 Å². The lowest BCUT2D eigenvalue weighted by molar-refractivity contribution is 0.100. The van der Waals surface area contributed by atoms with Crippen LogP contribution in [0.5, 0.6) is 5.75 Å². The second kappa shape index (κ2) is 7.65. The molecule has 0 spiro atoms. The van der Waals surface area contributed by atoms with E-state index in [2.05, 4.69) is 22.9 Å². The van der Waals surface area contributed by atoms with Crippen LogP contribution in [0, 0.1) is 0 Å². The molecular weight excluding hydrogens is 270 g/mol. The van der Waals surface area contributed by atoms with Gasteiger partial charge in [0, 0.05) is 23.2 Å². The van der Waals surface area contributed by atoms with Gasteiger partial charge < -0.3 is 15.2 Å². The van der Waals surface area contributed by atoms with Gasteiger partial charge in [-0.15, -0.1) is 0 Å². The summed E-state index contributed by atoms with van der Waals surface area (Å²) in [4.78, 5) is 0. The second-order valence-corrected chi connectivity index (χ2v) is 4.33. The van der Waals surface area contributed by atoms with E-state index in [0.29, 0.717) is 19.8 Å². The average molecular weight is 288 g/mol. The van der Waals surface area contributed by atoms with E-state index in [-0.39, 0.29) is 0 Å². The zero-order valence-electron chi connectivity index (χ0n) is 9.54. The summed E-state index contributed by atoms with van der Waals surface area (Å²) < 4.78 is 12.0. The van der Waals surface area contributed by atoms with Crippen LogP contribution in [0.4, 0.5) is 0 Å². The fourth-order valence-corrected chi connectivity index (χ4v) is 1.71. The van der Waals surface area contributed by atoms with Gasteiger partial charge in [0.15, 0.2) is 0 Å². The Kier molecular flexibility index (Phi) is 6.45. The summed E-state index contributed by atoms with van der Waals surface area (Å²) >= 11 is 3.40. The van der Waals surface area contributed by atoms with Gasteiger partial charge in [-0.1, -0.05) is 22.9 Å². The summed E-state index contributed by atoms with van der Waals surface area (Å²) in [5.41, 5.74) is 6.64. The van der Waals surface area contributed by atoms with E-state index in [4.69, 9.17) is 15.2 Å². The molecule has 1 rings (SSSR count). The summed E-state index contributed by atoms with van der Waals surface area (Å²) in [6.07, 6.45) is 1.03. The SMILES string of the molecule is CCCOCCOc1ccc(Br)cc1CN. The van der Waals surface area contributed by atoms with Gasteiger partial charge in [-0.05, 0) is 24.6 Å². The molecule has 0 bridgehead atoms. The normalized spacial score (nSPS) is 10.4. The number of rotatable bonds is 7. The average Bonchev–Trinajstić information content (AvgIpc) is 2.30. The molecule has 0 aliphatic rings. The van der Waals surface area contributed by atoms with E-state index in [0.717, 1.165) is 28.8 Å². The van der Waals surface area contributed by atoms with Crippen LogP contribution in [0.3, 0.4) is 0 Å². The first-order valence-electron chi connectivity index (χ1n) is 5.47. The maximum absolute atomic E-state index is 5.64. The number of hydrogen-bond acceptors (Lipinski definition) is 3. The monoisotopic (exact) mass is 287 g/mol. The van der Waals surface area contributed by atoms with Crippen molar-refractivity contribution in [2.75, 3.05) is 19.8 Å². The molecule has 0 unspecified atom stereocenters. The van der Waals surface area contributed by atoms with Crippen molar-refractivity contribution < 1.29 is 9.47 Å². The highest BCUT2D eigenvalue weighted by atomic mass is 79.9. The Bertz CT molecular complexity index is 318. The molecule has 1 aromatic rings. The molecule has 1 aromatic carbocycles. The quantitative estimate of drug-likeness (QED) is 0.785. The largest absolute Gasteiger partial charge is 0.491 e. The maximum Gasteiger partial charge on any atom is 0.123 e. The number of hydrogen-bond donors (Lipinski definition) is 1. The van der Waals surface area contributed by atoms with E-state index in [1.165, 1.54) is 0 Å². The lowest BCUT2D eigenvalue weighted by Gasteiger charge is -2.10. The van der Waals surface area contributed by atoms with Crippen LogP contribution in [0.1, 0.15) is 18.9 Å². The summed E-state index contributed by atoms with van der Waals surface area (Å²) in [5.74, 6) is 0.839. The molecule has 0 aliphatic heterocycles. The first-order valence-corrected chi connectivity index (χ1v) is 6.26. The molecule has 0 aliphatic carbocycles. The minimum Gasteiger partial charge on any atom is -0.491 e. The summed E-state index contributed by atoms with van der Waals surface area (Å²) in [5, 5.41) is 0. The maximum atomic E-state index is 5.64. The molecule has 16 heavy (non-hydrogen) atoms. The zero-order chi connectivity index (χ0) is 11.8. The molecule has 0 fully saturated rings. The molecule has 0 amide bonds. The Balaban J connectivity index is 2.41. The summed E-state index contributed by atoms with van der Waals surface area (Å²) in [7, 11) is 0. The molecule has 0 heterocycles. The van der Waals surface area contributed by atoms with Crippen LogP contribution >= 0.6 is 15.9 Å². The third-order valence-electron chi connectivity index (χ3n) is 2.08. The highest BCUT2D eigenvalue weighted by molar-refractivity contribution is 9.10. The van der Waals surface area contributed by atoms with Crippen molar-refractivity contribution in [2.24, 2.45) is 5.73 Å². The van der Waals surface area contributed by atoms with E-state index in [9.17, 15) is 0 Å². The first-order chi connectivity index (χ1) is 7.77. The molecule has 4 heteroatoms. The van der Waals surface area contributed by atoms with Crippen LogP contribution in [0.25, 0.3) is 0 Å². The smallest absolute Gasteiger partial charge is 0.123 e. The molecule has 0 aromatic heterocycles. The predicted octanol–water partition coefficient (Wildman–Crippen LogP) is 2.71. The van der Waals surface area contributed by atoms with Gasteiger partial charge in [0.25, 0.3) is 0 Å². The van der Waals surface area contributed by atoms with E-state index >= 15 is 0 Å². The Morgan fingerprint density at radius 2 is 2.06 bits per heavy atom. The molecule has 2 N–H and O–H groups in total. The Morgan fingerprint density at radius 3 is 2.75 bits per heavy atom. The van der Waals surface area contributed by atoms with Crippen molar-refractivity contribution in [2.45, 2.75) is 19.9 Å². The van der Waals surface area contributed by atoms with Crippen LogP contribution in [0.15, 0.2) is 22.7 Å². The van der Waals surface area contributed by atoms with Gasteiger partial charge in [0.05, 0.1) is 6.61 Å². The van der Waals surface area contributed by atoms with Crippen LogP contribution in [0.2, 0.25) is 0 Å². The topological polar surface area (TPSA) is 44.5 Å². The Labute approximate surface area is 105 Å². The first kappa shape index (κ1) is 13.5. The molecule has 3 nitrogen and oxygen atoms in total.